The first-order chi connectivity index (χ1) is 19.3. The molecule has 1 aliphatic rings. The lowest BCUT2D eigenvalue weighted by Gasteiger charge is -2.25. The van der Waals surface area contributed by atoms with Crippen molar-refractivity contribution in [3.63, 3.8) is 0 Å². The average Bonchev–Trinajstić information content (AvgIpc) is 3.36. The van der Waals surface area contributed by atoms with Crippen LogP contribution in [0.4, 0.5) is 0 Å². The Labute approximate surface area is 242 Å². The molecule has 1 aromatic heterocycles. The van der Waals surface area contributed by atoms with E-state index in [1.165, 1.54) is 16.5 Å². The van der Waals surface area contributed by atoms with E-state index in [9.17, 15) is 20.1 Å². The number of rotatable bonds is 8. The van der Waals surface area contributed by atoms with E-state index in [0.717, 1.165) is 44.3 Å². The monoisotopic (exact) mass is 570 g/mol. The van der Waals surface area contributed by atoms with Crippen molar-refractivity contribution in [1.82, 2.24) is 0 Å². The topological polar surface area (TPSA) is 87.0 Å². The van der Waals surface area contributed by atoms with Crippen molar-refractivity contribution in [1.29, 1.82) is 0 Å². The molecule has 3 unspecified atom stereocenters. The molecule has 0 radical (unpaired) electrons. The minimum Gasteiger partial charge on any atom is -0.489 e. The number of aliphatic carboxylic acids is 1. The zero-order valence-corrected chi connectivity index (χ0v) is 23.9. The van der Waals surface area contributed by atoms with Gasteiger partial charge in [0.25, 0.3) is 0 Å². The Morgan fingerprint density at radius 2 is 1.88 bits per heavy atom. The Balaban J connectivity index is 1.33. The first-order valence-electron chi connectivity index (χ1n) is 13.0. The highest BCUT2D eigenvalue weighted by molar-refractivity contribution is 8.00. The molecule has 4 aromatic rings. The Morgan fingerprint density at radius 3 is 2.60 bits per heavy atom. The molecule has 204 valence electrons. The zero-order chi connectivity index (χ0) is 28.2. The van der Waals surface area contributed by atoms with Crippen molar-refractivity contribution in [3.8, 4) is 28.7 Å². The van der Waals surface area contributed by atoms with Gasteiger partial charge in [0.15, 0.2) is 0 Å². The molecule has 1 aliphatic heterocycles. The largest absolute Gasteiger partial charge is 0.489 e. The van der Waals surface area contributed by atoms with Gasteiger partial charge in [-0.2, -0.15) is 0 Å². The van der Waals surface area contributed by atoms with Crippen molar-refractivity contribution < 1.29 is 24.9 Å². The first-order valence-corrected chi connectivity index (χ1v) is 14.9. The molecular formula is C33H30O5S2. The van der Waals surface area contributed by atoms with Crippen LogP contribution >= 0.6 is 23.1 Å². The summed E-state index contributed by atoms with van der Waals surface area (Å²) in [6.45, 7) is 4.19. The third kappa shape index (κ3) is 6.11. The fourth-order valence-electron chi connectivity index (χ4n) is 4.97. The lowest BCUT2D eigenvalue weighted by atomic mass is 9.93. The van der Waals surface area contributed by atoms with Gasteiger partial charge in [0, 0.05) is 21.4 Å². The number of benzene rings is 3. The number of aliphatic hydroxyl groups is 2. The predicted octanol–water partition coefficient (Wildman–Crippen LogP) is 6.85. The summed E-state index contributed by atoms with van der Waals surface area (Å²) in [6.07, 6.45) is 1.07. The molecule has 5 nitrogen and oxygen atoms in total. The number of thiophene rings is 1. The van der Waals surface area contributed by atoms with Gasteiger partial charge in [-0.25, -0.2) is 0 Å². The van der Waals surface area contributed by atoms with Crippen molar-refractivity contribution >= 4 is 44.7 Å². The molecule has 0 aliphatic carbocycles. The van der Waals surface area contributed by atoms with E-state index in [1.807, 2.05) is 36.4 Å². The van der Waals surface area contributed by atoms with Crippen LogP contribution in [0.3, 0.4) is 0 Å². The predicted molar refractivity (Wildman–Crippen MR) is 164 cm³/mol. The minimum absolute atomic E-state index is 0.0334. The summed E-state index contributed by atoms with van der Waals surface area (Å²) in [5, 5.41) is 33.0. The first kappa shape index (κ1) is 28.0. The number of hydrogen-bond acceptors (Lipinski definition) is 6. The molecule has 7 heteroatoms. The van der Waals surface area contributed by atoms with Crippen LogP contribution in [0.15, 0.2) is 72.1 Å². The molecular weight excluding hydrogens is 540 g/mol. The van der Waals surface area contributed by atoms with Crippen LogP contribution in [-0.2, 0) is 11.4 Å². The van der Waals surface area contributed by atoms with Crippen LogP contribution in [0.2, 0.25) is 0 Å². The second-order valence-electron chi connectivity index (χ2n) is 9.74. The maximum atomic E-state index is 11.2. The smallest absolute Gasteiger partial charge is 0.304 e. The molecule has 5 rings (SSSR count). The minimum atomic E-state index is -0.888. The van der Waals surface area contributed by atoms with Crippen LogP contribution in [0, 0.1) is 18.8 Å². The maximum absolute atomic E-state index is 11.2. The van der Waals surface area contributed by atoms with Gasteiger partial charge in [0.1, 0.15) is 23.9 Å². The van der Waals surface area contributed by atoms with Crippen molar-refractivity contribution in [2.75, 3.05) is 5.75 Å². The summed E-state index contributed by atoms with van der Waals surface area (Å²) >= 11 is 3.04. The Kier molecular flexibility index (Phi) is 8.63. The normalized spacial score (nSPS) is 17.6. The fraction of sp³-hybridized carbons (Fsp3) is 0.242. The molecule has 2 heterocycles. The van der Waals surface area contributed by atoms with E-state index in [-0.39, 0.29) is 12.3 Å². The number of fused-ring (bicyclic) bond motifs is 1. The number of aryl methyl sites for hydroxylation is 1. The van der Waals surface area contributed by atoms with Crippen LogP contribution in [-0.4, -0.2) is 38.6 Å². The standard InChI is InChI=1S/C33H30O5S2/c1-3-4-23(17-31(34)35)22-6-9-25(10-7-22)38-18-21-5-12-30-28(16-21)29(19-40-30)26-11-8-24(15-20(26)2)27-13-14-39-33(37)32(27)36/h5-13,15-16,19,23,32-33,36-37H,14,17-18H2,1-2H3,(H,34,35). The van der Waals surface area contributed by atoms with Crippen molar-refractivity contribution in [2.45, 2.75) is 44.3 Å². The molecule has 3 aromatic carbocycles. The van der Waals surface area contributed by atoms with E-state index < -0.39 is 17.5 Å². The molecule has 0 bridgehead atoms. The number of carboxylic acid groups (broad SMARTS) is 1. The highest BCUT2D eigenvalue weighted by Gasteiger charge is 2.26. The number of carboxylic acids is 1. The summed E-state index contributed by atoms with van der Waals surface area (Å²) in [7, 11) is 0. The Bertz CT molecular complexity index is 1620. The van der Waals surface area contributed by atoms with E-state index >= 15 is 0 Å². The second kappa shape index (κ2) is 12.3. The van der Waals surface area contributed by atoms with Gasteiger partial charge in [0.2, 0.25) is 0 Å². The lowest BCUT2D eigenvalue weighted by molar-refractivity contribution is -0.137. The van der Waals surface area contributed by atoms with Crippen LogP contribution in [0.1, 0.15) is 41.5 Å². The number of carbonyl (C=O) groups is 1. The summed E-state index contributed by atoms with van der Waals surface area (Å²) < 4.78 is 7.26. The van der Waals surface area contributed by atoms with Gasteiger partial charge in [-0.3, -0.25) is 4.79 Å². The van der Waals surface area contributed by atoms with Gasteiger partial charge in [0.05, 0.1) is 12.3 Å². The Morgan fingerprint density at radius 1 is 1.07 bits per heavy atom. The summed E-state index contributed by atoms with van der Waals surface area (Å²) in [5.74, 6) is 5.96. The van der Waals surface area contributed by atoms with Crippen LogP contribution in [0.25, 0.3) is 26.8 Å². The second-order valence-corrected chi connectivity index (χ2v) is 11.8. The number of aliphatic hydroxyl groups excluding tert-OH is 2. The van der Waals surface area contributed by atoms with Gasteiger partial charge in [-0.05, 0) is 76.9 Å². The van der Waals surface area contributed by atoms with E-state index in [2.05, 4.69) is 54.5 Å². The van der Waals surface area contributed by atoms with E-state index in [4.69, 9.17) is 4.74 Å². The number of ether oxygens (including phenoxy) is 1. The quantitative estimate of drug-likeness (QED) is 0.201. The third-order valence-electron chi connectivity index (χ3n) is 7.03. The molecule has 40 heavy (non-hydrogen) atoms. The average molecular weight is 571 g/mol. The molecule has 3 N–H and O–H groups in total. The third-order valence-corrected chi connectivity index (χ3v) is 8.95. The Hall–Kier alpha value is -3.54. The van der Waals surface area contributed by atoms with Gasteiger partial charge >= 0.3 is 5.97 Å². The maximum Gasteiger partial charge on any atom is 0.304 e. The number of hydrogen-bond donors (Lipinski definition) is 3. The molecule has 0 saturated heterocycles. The molecule has 0 amide bonds. The molecule has 0 spiro atoms. The summed E-state index contributed by atoms with van der Waals surface area (Å²) in [5.41, 5.74) is 6.22. The van der Waals surface area contributed by atoms with Gasteiger partial charge in [-0.1, -0.05) is 48.4 Å². The van der Waals surface area contributed by atoms with Crippen molar-refractivity contribution in [3.05, 3.63) is 94.4 Å². The molecule has 0 fully saturated rings. The zero-order valence-electron chi connectivity index (χ0n) is 22.3. The van der Waals surface area contributed by atoms with Crippen LogP contribution < -0.4 is 4.74 Å². The lowest BCUT2D eigenvalue weighted by Crippen LogP contribution is -2.27. The van der Waals surface area contributed by atoms with E-state index in [0.29, 0.717) is 18.1 Å². The highest BCUT2D eigenvalue weighted by atomic mass is 32.2. The highest BCUT2D eigenvalue weighted by Crippen LogP contribution is 2.38. The summed E-state index contributed by atoms with van der Waals surface area (Å²) in [4.78, 5) is 11.2. The van der Waals surface area contributed by atoms with E-state index in [1.54, 1.807) is 18.3 Å². The van der Waals surface area contributed by atoms with Gasteiger partial charge in [-0.15, -0.1) is 29.0 Å². The van der Waals surface area contributed by atoms with Gasteiger partial charge < -0.3 is 20.1 Å². The summed E-state index contributed by atoms with van der Waals surface area (Å²) in [6, 6.07) is 20.0. The van der Waals surface area contributed by atoms with Crippen LogP contribution in [0.5, 0.6) is 5.75 Å². The molecule has 0 saturated carbocycles. The van der Waals surface area contributed by atoms with Crippen molar-refractivity contribution in [2.24, 2.45) is 0 Å². The SMILES string of the molecule is CC#CC(CC(=O)O)c1ccc(OCc2ccc3scc(-c4ccc(C5=CCSC(O)C5O)cc4C)c3c2)cc1. The number of thioether (sulfide) groups is 1. The molecule has 3 atom stereocenters. The fourth-order valence-corrected chi connectivity index (χ4v) is 6.72.